The molecule has 0 bridgehead atoms. The van der Waals surface area contributed by atoms with Crippen LogP contribution in [0.4, 0.5) is 0 Å². The standard InChI is InChI=1S/C13H19N3O3S2/c1-10-8-11(2)16(15-10)7-3-6-14-21(18,19)13-5-4-12(9-17)20-13/h4-5,8,14,17H,3,6-7,9H2,1-2H3. The second-order valence-corrected chi connectivity index (χ2v) is 7.94. The molecule has 0 spiro atoms. The van der Waals surface area contributed by atoms with Crippen molar-refractivity contribution in [3.63, 3.8) is 0 Å². The van der Waals surface area contributed by atoms with E-state index >= 15 is 0 Å². The van der Waals surface area contributed by atoms with Gasteiger partial charge in [-0.1, -0.05) is 0 Å². The van der Waals surface area contributed by atoms with E-state index in [1.807, 2.05) is 24.6 Å². The maximum atomic E-state index is 12.0. The first kappa shape index (κ1) is 16.2. The van der Waals surface area contributed by atoms with Crippen LogP contribution < -0.4 is 4.72 Å². The normalized spacial score (nSPS) is 12.0. The van der Waals surface area contributed by atoms with Gasteiger partial charge in [-0.05, 0) is 38.5 Å². The maximum absolute atomic E-state index is 12.0. The van der Waals surface area contributed by atoms with Gasteiger partial charge < -0.3 is 5.11 Å². The first-order chi connectivity index (χ1) is 9.92. The molecule has 0 aromatic carbocycles. The van der Waals surface area contributed by atoms with E-state index in [0.29, 0.717) is 24.4 Å². The van der Waals surface area contributed by atoms with Gasteiger partial charge in [-0.15, -0.1) is 11.3 Å². The summed E-state index contributed by atoms with van der Waals surface area (Å²) in [6, 6.07) is 5.13. The zero-order chi connectivity index (χ0) is 15.5. The van der Waals surface area contributed by atoms with Crippen molar-refractivity contribution in [3.05, 3.63) is 34.5 Å². The Balaban J connectivity index is 1.86. The summed E-state index contributed by atoms with van der Waals surface area (Å²) < 4.78 is 28.8. The molecule has 2 rings (SSSR count). The second-order valence-electron chi connectivity index (χ2n) is 4.78. The molecule has 8 heteroatoms. The molecule has 6 nitrogen and oxygen atoms in total. The monoisotopic (exact) mass is 329 g/mol. The van der Waals surface area contributed by atoms with Crippen LogP contribution in [0.2, 0.25) is 0 Å². The maximum Gasteiger partial charge on any atom is 0.250 e. The van der Waals surface area contributed by atoms with Gasteiger partial charge in [0.15, 0.2) is 0 Å². The van der Waals surface area contributed by atoms with Gasteiger partial charge in [0.25, 0.3) is 0 Å². The average molecular weight is 329 g/mol. The minimum atomic E-state index is -3.48. The van der Waals surface area contributed by atoms with Crippen molar-refractivity contribution in [1.29, 1.82) is 0 Å². The van der Waals surface area contributed by atoms with Crippen LogP contribution in [0.3, 0.4) is 0 Å². The lowest BCUT2D eigenvalue weighted by Gasteiger charge is -2.06. The number of rotatable bonds is 7. The van der Waals surface area contributed by atoms with Crippen LogP contribution in [0.15, 0.2) is 22.4 Å². The second kappa shape index (κ2) is 6.69. The third kappa shape index (κ3) is 4.13. The Morgan fingerprint density at radius 1 is 1.38 bits per heavy atom. The van der Waals surface area contributed by atoms with Crippen molar-refractivity contribution < 1.29 is 13.5 Å². The molecule has 2 aromatic rings. The Bertz CT molecular complexity index is 704. The summed E-state index contributed by atoms with van der Waals surface area (Å²) in [4.78, 5) is 0.637. The number of aromatic nitrogens is 2. The van der Waals surface area contributed by atoms with E-state index < -0.39 is 10.0 Å². The van der Waals surface area contributed by atoms with Crippen molar-refractivity contribution in [1.82, 2.24) is 14.5 Å². The molecule has 0 saturated carbocycles. The summed E-state index contributed by atoms with van der Waals surface area (Å²) in [7, 11) is -3.48. The average Bonchev–Trinajstić information content (AvgIpc) is 3.02. The van der Waals surface area contributed by atoms with E-state index in [4.69, 9.17) is 5.11 Å². The molecular formula is C13H19N3O3S2. The SMILES string of the molecule is Cc1cc(C)n(CCCNS(=O)(=O)c2ccc(CO)s2)n1. The van der Waals surface area contributed by atoms with Crippen LogP contribution in [0.5, 0.6) is 0 Å². The quantitative estimate of drug-likeness (QED) is 0.753. The van der Waals surface area contributed by atoms with Crippen LogP contribution in [0, 0.1) is 13.8 Å². The number of hydrogen-bond acceptors (Lipinski definition) is 5. The zero-order valence-corrected chi connectivity index (χ0v) is 13.7. The fourth-order valence-corrected chi connectivity index (χ4v) is 4.33. The van der Waals surface area contributed by atoms with Gasteiger partial charge in [0, 0.05) is 23.7 Å². The number of nitrogens with zero attached hydrogens (tertiary/aromatic N) is 2. The van der Waals surface area contributed by atoms with Crippen molar-refractivity contribution in [2.24, 2.45) is 0 Å². The topological polar surface area (TPSA) is 84.2 Å². The first-order valence-electron chi connectivity index (χ1n) is 6.62. The third-order valence-electron chi connectivity index (χ3n) is 3.00. The van der Waals surface area contributed by atoms with E-state index in [9.17, 15) is 8.42 Å². The minimum Gasteiger partial charge on any atom is -0.391 e. The molecule has 116 valence electrons. The molecular weight excluding hydrogens is 310 g/mol. The van der Waals surface area contributed by atoms with Crippen LogP contribution in [0.25, 0.3) is 0 Å². The summed E-state index contributed by atoms with van der Waals surface area (Å²) in [5.74, 6) is 0. The Hall–Kier alpha value is -1.22. The summed E-state index contributed by atoms with van der Waals surface area (Å²) in [5, 5.41) is 13.3. The molecule has 0 aliphatic heterocycles. The molecule has 0 amide bonds. The molecule has 0 radical (unpaired) electrons. The third-order valence-corrected chi connectivity index (χ3v) is 6.02. The number of hydrogen-bond donors (Lipinski definition) is 2. The number of aliphatic hydroxyl groups excluding tert-OH is 1. The number of aryl methyl sites for hydroxylation is 3. The van der Waals surface area contributed by atoms with Gasteiger partial charge in [0.05, 0.1) is 12.3 Å². The molecule has 0 saturated heterocycles. The van der Waals surface area contributed by atoms with Crippen LogP contribution in [-0.2, 0) is 23.2 Å². The van der Waals surface area contributed by atoms with E-state index in [0.717, 1.165) is 22.7 Å². The predicted molar refractivity (Wildman–Crippen MR) is 81.7 cm³/mol. The van der Waals surface area contributed by atoms with E-state index in [2.05, 4.69) is 9.82 Å². The predicted octanol–water partition coefficient (Wildman–Crippen LogP) is 1.42. The number of nitrogens with one attached hydrogen (secondary N) is 1. The molecule has 0 unspecified atom stereocenters. The molecule has 21 heavy (non-hydrogen) atoms. The van der Waals surface area contributed by atoms with Crippen molar-refractivity contribution in [2.45, 2.75) is 37.6 Å². The van der Waals surface area contributed by atoms with Crippen LogP contribution in [0.1, 0.15) is 22.7 Å². The Kier molecular flexibility index (Phi) is 5.15. The molecule has 0 aliphatic carbocycles. The zero-order valence-electron chi connectivity index (χ0n) is 12.0. The highest BCUT2D eigenvalue weighted by Gasteiger charge is 2.15. The highest BCUT2D eigenvalue weighted by atomic mass is 32.2. The summed E-state index contributed by atoms with van der Waals surface area (Å²) in [6.45, 7) is 4.80. The molecule has 2 N–H and O–H groups in total. The summed E-state index contributed by atoms with van der Waals surface area (Å²) >= 11 is 1.08. The van der Waals surface area contributed by atoms with Gasteiger partial charge in [0.1, 0.15) is 4.21 Å². The van der Waals surface area contributed by atoms with Crippen molar-refractivity contribution in [3.8, 4) is 0 Å². The summed E-state index contributed by atoms with van der Waals surface area (Å²) in [5.41, 5.74) is 2.03. The Morgan fingerprint density at radius 3 is 2.71 bits per heavy atom. The lowest BCUT2D eigenvalue weighted by molar-refractivity contribution is 0.285. The highest BCUT2D eigenvalue weighted by molar-refractivity contribution is 7.91. The Morgan fingerprint density at radius 2 is 2.14 bits per heavy atom. The fourth-order valence-electron chi connectivity index (χ4n) is 2.00. The molecule has 0 aliphatic rings. The lowest BCUT2D eigenvalue weighted by atomic mass is 10.4. The molecule has 2 aromatic heterocycles. The smallest absolute Gasteiger partial charge is 0.250 e. The van der Waals surface area contributed by atoms with E-state index in [-0.39, 0.29) is 10.8 Å². The highest BCUT2D eigenvalue weighted by Crippen LogP contribution is 2.21. The molecule has 2 heterocycles. The molecule has 0 fully saturated rings. The first-order valence-corrected chi connectivity index (χ1v) is 8.92. The van der Waals surface area contributed by atoms with Gasteiger partial charge in [-0.3, -0.25) is 4.68 Å². The number of sulfonamides is 1. The van der Waals surface area contributed by atoms with Crippen LogP contribution in [-0.4, -0.2) is 29.8 Å². The van der Waals surface area contributed by atoms with Gasteiger partial charge in [-0.25, -0.2) is 13.1 Å². The van der Waals surface area contributed by atoms with Crippen LogP contribution >= 0.6 is 11.3 Å². The van der Waals surface area contributed by atoms with E-state index in [1.165, 1.54) is 6.07 Å². The van der Waals surface area contributed by atoms with E-state index in [1.54, 1.807) is 6.07 Å². The van der Waals surface area contributed by atoms with Gasteiger partial charge in [0.2, 0.25) is 10.0 Å². The number of aliphatic hydroxyl groups is 1. The Labute approximate surface area is 128 Å². The fraction of sp³-hybridized carbons (Fsp3) is 0.462. The van der Waals surface area contributed by atoms with Crippen molar-refractivity contribution >= 4 is 21.4 Å². The minimum absolute atomic E-state index is 0.141. The van der Waals surface area contributed by atoms with Crippen molar-refractivity contribution in [2.75, 3.05) is 6.54 Å². The summed E-state index contributed by atoms with van der Waals surface area (Å²) in [6.07, 6.45) is 0.666. The largest absolute Gasteiger partial charge is 0.391 e. The lowest BCUT2D eigenvalue weighted by Crippen LogP contribution is -2.25. The number of thiophene rings is 1. The van der Waals surface area contributed by atoms with Gasteiger partial charge >= 0.3 is 0 Å². The van der Waals surface area contributed by atoms with Gasteiger partial charge in [-0.2, -0.15) is 5.10 Å². The molecule has 0 atom stereocenters.